The van der Waals surface area contributed by atoms with E-state index in [2.05, 4.69) is 16.9 Å². The number of aromatic carboxylic acids is 1. The minimum atomic E-state index is -1.14. The lowest BCUT2D eigenvalue weighted by Crippen LogP contribution is -2.23. The summed E-state index contributed by atoms with van der Waals surface area (Å²) in [5, 5.41) is 13.0. The van der Waals surface area contributed by atoms with Crippen molar-refractivity contribution < 1.29 is 19.1 Å². The predicted octanol–water partition coefficient (Wildman–Crippen LogP) is 5.74. The minimum absolute atomic E-state index is 0.0120. The number of carbonyl (C=O) groups is 2. The number of H-pyrrole nitrogens is 1. The van der Waals surface area contributed by atoms with E-state index in [1.54, 1.807) is 30.3 Å². The van der Waals surface area contributed by atoms with Gasteiger partial charge < -0.3 is 15.4 Å². The lowest BCUT2D eigenvalue weighted by Gasteiger charge is -2.18. The van der Waals surface area contributed by atoms with Crippen molar-refractivity contribution in [3.63, 3.8) is 0 Å². The van der Waals surface area contributed by atoms with Crippen LogP contribution in [0.25, 0.3) is 10.9 Å². The summed E-state index contributed by atoms with van der Waals surface area (Å²) in [5.74, 6) is -2.83. The van der Waals surface area contributed by atoms with Gasteiger partial charge in [-0.05, 0) is 43.5 Å². The van der Waals surface area contributed by atoms with E-state index in [4.69, 9.17) is 11.6 Å². The number of anilines is 1. The molecule has 0 saturated heterocycles. The lowest BCUT2D eigenvalue weighted by atomic mass is 9.90. The standard InChI is InChI=1S/C22H20ClFN2O3/c1-2-3-4-8-15(21(27)25-13-10-11-17(24)16(23)12-13)19-14-7-5-6-9-18(14)26-20(19)22(28)29/h2,5-7,9-12,15,26H,1,3-4,8H2,(H,25,27)(H,28,29). The Morgan fingerprint density at radius 2 is 2.03 bits per heavy atom. The molecule has 0 fully saturated rings. The van der Waals surface area contributed by atoms with Crippen LogP contribution in [-0.2, 0) is 4.79 Å². The maximum atomic E-state index is 13.4. The highest BCUT2D eigenvalue weighted by Crippen LogP contribution is 2.34. The molecule has 0 saturated carbocycles. The van der Waals surface area contributed by atoms with E-state index in [0.29, 0.717) is 41.4 Å². The van der Waals surface area contributed by atoms with Gasteiger partial charge in [-0.1, -0.05) is 35.9 Å². The van der Waals surface area contributed by atoms with Gasteiger partial charge in [0.05, 0.1) is 10.9 Å². The quantitative estimate of drug-likeness (QED) is 0.325. The van der Waals surface area contributed by atoms with Crippen molar-refractivity contribution in [3.8, 4) is 0 Å². The molecule has 1 heterocycles. The Labute approximate surface area is 172 Å². The fourth-order valence-electron chi connectivity index (χ4n) is 3.37. The summed E-state index contributed by atoms with van der Waals surface area (Å²) in [7, 11) is 0. The lowest BCUT2D eigenvalue weighted by molar-refractivity contribution is -0.117. The maximum Gasteiger partial charge on any atom is 0.352 e. The first kappa shape index (κ1) is 20.6. The molecule has 1 unspecified atom stereocenters. The number of hydrogen-bond donors (Lipinski definition) is 3. The summed E-state index contributed by atoms with van der Waals surface area (Å²) in [5.41, 5.74) is 1.41. The number of rotatable bonds is 8. The van der Waals surface area contributed by atoms with Gasteiger partial charge in [-0.25, -0.2) is 9.18 Å². The van der Waals surface area contributed by atoms with Crippen LogP contribution in [0.1, 0.15) is 41.2 Å². The first-order valence-electron chi connectivity index (χ1n) is 9.13. The Hall–Kier alpha value is -3.12. The number of carboxylic acid groups (broad SMARTS) is 1. The second kappa shape index (κ2) is 8.92. The molecule has 5 nitrogen and oxygen atoms in total. The number of nitrogens with one attached hydrogen (secondary N) is 2. The molecule has 7 heteroatoms. The zero-order valence-corrected chi connectivity index (χ0v) is 16.3. The van der Waals surface area contributed by atoms with Gasteiger partial charge in [0.2, 0.25) is 5.91 Å². The largest absolute Gasteiger partial charge is 0.477 e. The fraction of sp³-hybridized carbons (Fsp3) is 0.182. The van der Waals surface area contributed by atoms with Crippen LogP contribution >= 0.6 is 11.6 Å². The van der Waals surface area contributed by atoms with Crippen molar-refractivity contribution >= 4 is 40.1 Å². The number of aromatic amines is 1. The number of carboxylic acids is 1. The van der Waals surface area contributed by atoms with Gasteiger partial charge in [0.15, 0.2) is 0 Å². The number of allylic oxidation sites excluding steroid dienone is 1. The molecule has 29 heavy (non-hydrogen) atoms. The first-order valence-corrected chi connectivity index (χ1v) is 9.51. The van der Waals surface area contributed by atoms with Crippen LogP contribution in [0.2, 0.25) is 5.02 Å². The number of hydrogen-bond acceptors (Lipinski definition) is 2. The molecule has 0 radical (unpaired) electrons. The van der Waals surface area contributed by atoms with Crippen LogP contribution in [-0.4, -0.2) is 22.0 Å². The van der Waals surface area contributed by atoms with Gasteiger partial charge in [0.25, 0.3) is 0 Å². The van der Waals surface area contributed by atoms with Crippen LogP contribution in [0.5, 0.6) is 0 Å². The number of aromatic nitrogens is 1. The van der Waals surface area contributed by atoms with Crippen molar-refractivity contribution in [2.75, 3.05) is 5.32 Å². The molecular formula is C22H20ClFN2O3. The molecule has 0 bridgehead atoms. The smallest absolute Gasteiger partial charge is 0.352 e. The fourth-order valence-corrected chi connectivity index (χ4v) is 3.55. The minimum Gasteiger partial charge on any atom is -0.477 e. The Bertz CT molecular complexity index is 1080. The van der Waals surface area contributed by atoms with Crippen molar-refractivity contribution in [3.05, 3.63) is 77.2 Å². The van der Waals surface area contributed by atoms with Gasteiger partial charge in [-0.15, -0.1) is 6.58 Å². The summed E-state index contributed by atoms with van der Waals surface area (Å²) in [6.45, 7) is 3.70. The van der Waals surface area contributed by atoms with Crippen molar-refractivity contribution in [2.24, 2.45) is 0 Å². The normalized spacial score (nSPS) is 11.9. The highest BCUT2D eigenvalue weighted by Gasteiger charge is 2.29. The molecule has 0 aliphatic rings. The van der Waals surface area contributed by atoms with Crippen molar-refractivity contribution in [1.82, 2.24) is 4.98 Å². The number of halogens is 2. The van der Waals surface area contributed by atoms with Gasteiger partial charge in [0.1, 0.15) is 11.5 Å². The topological polar surface area (TPSA) is 82.2 Å². The number of fused-ring (bicyclic) bond motifs is 1. The van der Waals surface area contributed by atoms with E-state index < -0.39 is 17.7 Å². The molecular weight excluding hydrogens is 395 g/mol. The molecule has 3 rings (SSSR count). The van der Waals surface area contributed by atoms with Crippen LogP contribution in [0, 0.1) is 5.82 Å². The highest BCUT2D eigenvalue weighted by atomic mass is 35.5. The molecule has 150 valence electrons. The van der Waals surface area contributed by atoms with E-state index in [-0.39, 0.29) is 16.6 Å². The SMILES string of the molecule is C=CCCCC(C(=O)Nc1ccc(F)c(Cl)c1)c1c(C(=O)O)[nH]c2ccccc12. The Kier molecular flexibility index (Phi) is 6.34. The first-order chi connectivity index (χ1) is 13.9. The Balaban J connectivity index is 2.03. The summed E-state index contributed by atoms with van der Waals surface area (Å²) in [4.78, 5) is 27.9. The molecule has 0 aliphatic heterocycles. The molecule has 0 spiro atoms. The number of unbranched alkanes of at least 4 members (excludes halogenated alkanes) is 1. The molecule has 1 aromatic heterocycles. The van der Waals surface area contributed by atoms with E-state index in [0.717, 1.165) is 0 Å². The van der Waals surface area contributed by atoms with Gasteiger partial charge in [0, 0.05) is 22.2 Å². The summed E-state index contributed by atoms with van der Waals surface area (Å²) < 4.78 is 13.4. The zero-order valence-electron chi connectivity index (χ0n) is 15.5. The summed E-state index contributed by atoms with van der Waals surface area (Å²) in [6.07, 6.45) is 3.53. The third-order valence-electron chi connectivity index (χ3n) is 4.71. The number of amides is 1. The average Bonchev–Trinajstić information content (AvgIpc) is 3.08. The molecule has 3 N–H and O–H groups in total. The predicted molar refractivity (Wildman–Crippen MR) is 112 cm³/mol. The van der Waals surface area contributed by atoms with E-state index in [1.165, 1.54) is 18.2 Å². The van der Waals surface area contributed by atoms with Crippen LogP contribution in [0.4, 0.5) is 10.1 Å². The molecule has 2 aromatic carbocycles. The maximum absolute atomic E-state index is 13.4. The molecule has 1 atom stereocenters. The molecule has 1 amide bonds. The highest BCUT2D eigenvalue weighted by molar-refractivity contribution is 6.31. The second-order valence-corrected chi connectivity index (χ2v) is 7.06. The number of carbonyl (C=O) groups excluding carboxylic acids is 1. The van der Waals surface area contributed by atoms with Gasteiger partial charge >= 0.3 is 5.97 Å². The monoisotopic (exact) mass is 414 g/mol. The zero-order chi connectivity index (χ0) is 21.0. The average molecular weight is 415 g/mol. The summed E-state index contributed by atoms with van der Waals surface area (Å²) >= 11 is 5.80. The van der Waals surface area contributed by atoms with E-state index in [9.17, 15) is 19.1 Å². The van der Waals surface area contributed by atoms with E-state index in [1.807, 2.05) is 0 Å². The van der Waals surface area contributed by atoms with E-state index >= 15 is 0 Å². The van der Waals surface area contributed by atoms with Crippen LogP contribution in [0.3, 0.4) is 0 Å². The Morgan fingerprint density at radius 3 is 2.72 bits per heavy atom. The van der Waals surface area contributed by atoms with Crippen molar-refractivity contribution in [1.29, 1.82) is 0 Å². The third kappa shape index (κ3) is 4.49. The Morgan fingerprint density at radius 1 is 1.28 bits per heavy atom. The number of benzene rings is 2. The number of para-hydroxylation sites is 1. The summed E-state index contributed by atoms with van der Waals surface area (Å²) in [6, 6.07) is 11.0. The van der Waals surface area contributed by atoms with Gasteiger partial charge in [-0.2, -0.15) is 0 Å². The van der Waals surface area contributed by atoms with Crippen molar-refractivity contribution in [2.45, 2.75) is 25.2 Å². The molecule has 3 aromatic rings. The second-order valence-electron chi connectivity index (χ2n) is 6.65. The third-order valence-corrected chi connectivity index (χ3v) is 5.00. The molecule has 0 aliphatic carbocycles. The van der Waals surface area contributed by atoms with Gasteiger partial charge in [-0.3, -0.25) is 4.79 Å². The van der Waals surface area contributed by atoms with Crippen LogP contribution in [0.15, 0.2) is 55.1 Å². The van der Waals surface area contributed by atoms with Crippen LogP contribution < -0.4 is 5.32 Å².